The highest BCUT2D eigenvalue weighted by molar-refractivity contribution is 9.10. The van der Waals surface area contributed by atoms with Gasteiger partial charge < -0.3 is 5.32 Å². The maximum atomic E-state index is 12.6. The Morgan fingerprint density at radius 2 is 1.42 bits per heavy atom. The van der Waals surface area contributed by atoms with Crippen LogP contribution in [0.4, 0.5) is 0 Å². The number of carbonyl (C=O) groups is 1. The SMILES string of the molecule is O=C(N[C@H](Sc1ccccc1)c1ccc(Br)cc1)c1ccccc1. The van der Waals surface area contributed by atoms with Crippen LogP contribution in [-0.4, -0.2) is 5.91 Å². The van der Waals surface area contributed by atoms with Gasteiger partial charge in [-0.05, 0) is 42.0 Å². The fourth-order valence-electron chi connectivity index (χ4n) is 2.25. The Labute approximate surface area is 154 Å². The number of carbonyl (C=O) groups excluding carboxylic acids is 1. The Kier molecular flexibility index (Phi) is 5.72. The fraction of sp³-hybridized carbons (Fsp3) is 0.0500. The standard InChI is InChI=1S/C20H16BrNOS/c21-17-13-11-16(12-14-17)20(24-18-9-5-2-6-10-18)22-19(23)15-7-3-1-4-8-15/h1-14,20H,(H,22,23)/t20-/m1/s1. The molecule has 0 fully saturated rings. The predicted octanol–water partition coefficient (Wildman–Crippen LogP) is 5.67. The predicted molar refractivity (Wildman–Crippen MR) is 103 cm³/mol. The van der Waals surface area contributed by atoms with E-state index in [0.717, 1.165) is 14.9 Å². The van der Waals surface area contributed by atoms with Crippen molar-refractivity contribution in [3.05, 3.63) is 101 Å². The third-order valence-corrected chi connectivity index (χ3v) is 5.17. The van der Waals surface area contributed by atoms with E-state index >= 15 is 0 Å². The minimum atomic E-state index is -0.159. The zero-order valence-electron chi connectivity index (χ0n) is 12.9. The Morgan fingerprint density at radius 3 is 2.04 bits per heavy atom. The van der Waals surface area contributed by atoms with Gasteiger partial charge in [0.2, 0.25) is 0 Å². The van der Waals surface area contributed by atoms with Crippen molar-refractivity contribution in [3.63, 3.8) is 0 Å². The van der Waals surface area contributed by atoms with Crippen molar-refractivity contribution in [1.82, 2.24) is 5.32 Å². The molecule has 0 saturated heterocycles. The van der Waals surface area contributed by atoms with Gasteiger partial charge in [-0.2, -0.15) is 0 Å². The maximum absolute atomic E-state index is 12.6. The minimum Gasteiger partial charge on any atom is -0.336 e. The highest BCUT2D eigenvalue weighted by Gasteiger charge is 2.17. The van der Waals surface area contributed by atoms with Crippen molar-refractivity contribution in [2.24, 2.45) is 0 Å². The van der Waals surface area contributed by atoms with Gasteiger partial charge in [0, 0.05) is 14.9 Å². The van der Waals surface area contributed by atoms with Gasteiger partial charge in [-0.25, -0.2) is 0 Å². The lowest BCUT2D eigenvalue weighted by atomic mass is 10.2. The molecule has 3 rings (SSSR count). The molecule has 3 aromatic rings. The number of hydrogen-bond donors (Lipinski definition) is 1. The molecule has 3 aromatic carbocycles. The van der Waals surface area contributed by atoms with Gasteiger partial charge in [0.05, 0.1) is 0 Å². The summed E-state index contributed by atoms with van der Waals surface area (Å²) in [4.78, 5) is 13.7. The first kappa shape index (κ1) is 16.8. The lowest BCUT2D eigenvalue weighted by Gasteiger charge is -2.19. The molecule has 0 bridgehead atoms. The van der Waals surface area contributed by atoms with Crippen molar-refractivity contribution < 1.29 is 4.79 Å². The molecule has 0 aliphatic carbocycles. The summed E-state index contributed by atoms with van der Waals surface area (Å²) in [6.45, 7) is 0. The summed E-state index contributed by atoms with van der Waals surface area (Å²) in [5, 5.41) is 2.97. The second-order valence-corrected chi connectivity index (χ2v) is 7.30. The monoisotopic (exact) mass is 397 g/mol. The van der Waals surface area contributed by atoms with Crippen LogP contribution in [-0.2, 0) is 0 Å². The van der Waals surface area contributed by atoms with E-state index in [1.54, 1.807) is 11.8 Å². The number of thioether (sulfide) groups is 1. The first-order chi connectivity index (χ1) is 11.7. The summed E-state index contributed by atoms with van der Waals surface area (Å²) in [7, 11) is 0. The highest BCUT2D eigenvalue weighted by atomic mass is 79.9. The van der Waals surface area contributed by atoms with E-state index in [4.69, 9.17) is 0 Å². The van der Waals surface area contributed by atoms with Crippen molar-refractivity contribution in [2.75, 3.05) is 0 Å². The first-order valence-electron chi connectivity index (χ1n) is 7.55. The summed E-state index contributed by atoms with van der Waals surface area (Å²) in [6, 6.07) is 27.4. The molecule has 1 atom stereocenters. The molecule has 0 aliphatic rings. The number of hydrogen-bond acceptors (Lipinski definition) is 2. The number of nitrogens with one attached hydrogen (secondary N) is 1. The topological polar surface area (TPSA) is 29.1 Å². The Balaban J connectivity index is 1.84. The molecule has 0 unspecified atom stereocenters. The molecule has 0 heterocycles. The lowest BCUT2D eigenvalue weighted by Crippen LogP contribution is -2.26. The molecule has 4 heteroatoms. The van der Waals surface area contributed by atoms with E-state index in [1.807, 2.05) is 84.9 Å². The smallest absolute Gasteiger partial charge is 0.252 e. The number of halogens is 1. The summed E-state index contributed by atoms with van der Waals surface area (Å²) in [6.07, 6.45) is 0. The van der Waals surface area contributed by atoms with Crippen LogP contribution in [0.1, 0.15) is 21.3 Å². The van der Waals surface area contributed by atoms with Crippen molar-refractivity contribution >= 4 is 33.6 Å². The van der Waals surface area contributed by atoms with Crippen LogP contribution in [0.2, 0.25) is 0 Å². The quantitative estimate of drug-likeness (QED) is 0.443. The average molecular weight is 398 g/mol. The van der Waals surface area contributed by atoms with Crippen LogP contribution in [0.15, 0.2) is 94.3 Å². The summed E-state index contributed by atoms with van der Waals surface area (Å²) in [5.41, 5.74) is 1.71. The van der Waals surface area contributed by atoms with Crippen LogP contribution >= 0.6 is 27.7 Å². The molecule has 120 valence electrons. The van der Waals surface area contributed by atoms with Crippen LogP contribution < -0.4 is 5.32 Å². The van der Waals surface area contributed by atoms with Crippen LogP contribution in [0.3, 0.4) is 0 Å². The van der Waals surface area contributed by atoms with Crippen molar-refractivity contribution in [2.45, 2.75) is 10.3 Å². The van der Waals surface area contributed by atoms with Crippen LogP contribution in [0.5, 0.6) is 0 Å². The molecule has 1 N–H and O–H groups in total. The highest BCUT2D eigenvalue weighted by Crippen LogP contribution is 2.33. The van der Waals surface area contributed by atoms with E-state index in [2.05, 4.69) is 21.2 Å². The largest absolute Gasteiger partial charge is 0.336 e. The van der Waals surface area contributed by atoms with E-state index < -0.39 is 0 Å². The Bertz CT molecular complexity index is 791. The van der Waals surface area contributed by atoms with Gasteiger partial charge in [0.15, 0.2) is 0 Å². The summed E-state index contributed by atoms with van der Waals surface area (Å²) in [5.74, 6) is -0.0769. The van der Waals surface area contributed by atoms with Crippen molar-refractivity contribution in [3.8, 4) is 0 Å². The number of rotatable bonds is 5. The van der Waals surface area contributed by atoms with Gasteiger partial charge in [-0.3, -0.25) is 4.79 Å². The molecule has 2 nitrogen and oxygen atoms in total. The Hall–Kier alpha value is -2.04. The van der Waals surface area contributed by atoms with E-state index in [1.165, 1.54) is 0 Å². The normalized spacial score (nSPS) is 11.7. The minimum absolute atomic E-state index is 0.0769. The van der Waals surface area contributed by atoms with Crippen LogP contribution in [0.25, 0.3) is 0 Å². The molecule has 0 radical (unpaired) electrons. The van der Waals surface area contributed by atoms with Gasteiger partial charge in [0.25, 0.3) is 5.91 Å². The second kappa shape index (κ2) is 8.18. The summed E-state index contributed by atoms with van der Waals surface area (Å²) >= 11 is 5.08. The first-order valence-corrected chi connectivity index (χ1v) is 9.23. The molecule has 1 amide bonds. The average Bonchev–Trinajstić information content (AvgIpc) is 2.63. The molecule has 0 saturated carbocycles. The zero-order chi connectivity index (χ0) is 16.8. The van der Waals surface area contributed by atoms with Gasteiger partial charge >= 0.3 is 0 Å². The molecule has 0 spiro atoms. The van der Waals surface area contributed by atoms with E-state index in [-0.39, 0.29) is 11.3 Å². The fourth-order valence-corrected chi connectivity index (χ4v) is 3.56. The third-order valence-electron chi connectivity index (χ3n) is 3.47. The van der Waals surface area contributed by atoms with Gasteiger partial charge in [-0.1, -0.05) is 76.2 Å². The number of amides is 1. The molecule has 0 aromatic heterocycles. The summed E-state index contributed by atoms with van der Waals surface area (Å²) < 4.78 is 1.02. The molecule has 24 heavy (non-hydrogen) atoms. The van der Waals surface area contributed by atoms with Gasteiger partial charge in [-0.15, -0.1) is 0 Å². The third kappa shape index (κ3) is 4.49. The van der Waals surface area contributed by atoms with Gasteiger partial charge in [0.1, 0.15) is 5.37 Å². The number of benzene rings is 3. The zero-order valence-corrected chi connectivity index (χ0v) is 15.3. The molecular weight excluding hydrogens is 382 g/mol. The molecule has 0 aliphatic heterocycles. The van der Waals surface area contributed by atoms with E-state index in [9.17, 15) is 4.79 Å². The lowest BCUT2D eigenvalue weighted by molar-refractivity contribution is 0.0949. The van der Waals surface area contributed by atoms with Crippen LogP contribution in [0, 0.1) is 0 Å². The Morgan fingerprint density at radius 1 is 0.833 bits per heavy atom. The maximum Gasteiger partial charge on any atom is 0.252 e. The van der Waals surface area contributed by atoms with Crippen molar-refractivity contribution in [1.29, 1.82) is 0 Å². The second-order valence-electron chi connectivity index (χ2n) is 5.20. The molecular formula is C20H16BrNOS. The van der Waals surface area contributed by atoms with E-state index in [0.29, 0.717) is 5.56 Å².